The molecular weight excluding hydrogens is 467 g/mol. The van der Waals surface area contributed by atoms with Crippen LogP contribution in [-0.2, 0) is 35.3 Å². The van der Waals surface area contributed by atoms with Crippen molar-refractivity contribution in [3.05, 3.63) is 38.3 Å². The van der Waals surface area contributed by atoms with E-state index in [-0.39, 0.29) is 49.4 Å². The molecule has 1 saturated carbocycles. The smallest absolute Gasteiger partial charge is 0.435 e. The van der Waals surface area contributed by atoms with Crippen LogP contribution < -0.4 is 0 Å². The summed E-state index contributed by atoms with van der Waals surface area (Å²) in [6.07, 6.45) is -1.69. The molecule has 4 rings (SSSR count). The highest BCUT2D eigenvalue weighted by atomic mass is 35.5. The largest absolute Gasteiger partial charge is 0.481 e. The minimum atomic E-state index is -4.56. The second kappa shape index (κ2) is 9.05. The average Bonchev–Trinajstić information content (AvgIpc) is 3.31. The van der Waals surface area contributed by atoms with Crippen molar-refractivity contribution in [3.63, 3.8) is 0 Å². The van der Waals surface area contributed by atoms with Gasteiger partial charge in [-0.1, -0.05) is 11.6 Å². The molecule has 1 N–H and O–H groups in total. The molecule has 0 atom stereocenters. The SMILES string of the molecule is O=C(C[C@H]1CC[C@H](C(=O)O)CC1)N1CCc2c(C(F)(F)F)nn(Cc3ccc(Cl)s3)c2C1. The monoisotopic (exact) mass is 489 g/mol. The highest BCUT2D eigenvalue weighted by Gasteiger charge is 2.41. The Hall–Kier alpha value is -2.07. The number of halogens is 4. The van der Waals surface area contributed by atoms with Crippen LogP contribution in [0.4, 0.5) is 13.2 Å². The quantitative estimate of drug-likeness (QED) is 0.652. The molecule has 2 aliphatic rings. The lowest BCUT2D eigenvalue weighted by molar-refractivity contribution is -0.143. The van der Waals surface area contributed by atoms with Gasteiger partial charge in [0.05, 0.1) is 29.0 Å². The van der Waals surface area contributed by atoms with E-state index in [1.165, 1.54) is 16.0 Å². The normalized spacial score (nSPS) is 21.4. The van der Waals surface area contributed by atoms with Crippen LogP contribution in [0.1, 0.15) is 53.9 Å². The van der Waals surface area contributed by atoms with Crippen molar-refractivity contribution in [2.75, 3.05) is 6.54 Å². The van der Waals surface area contributed by atoms with Crippen LogP contribution in [0.5, 0.6) is 0 Å². The van der Waals surface area contributed by atoms with E-state index in [0.29, 0.717) is 42.1 Å². The first-order valence-corrected chi connectivity index (χ1v) is 11.7. The number of hydrogen-bond acceptors (Lipinski definition) is 4. The van der Waals surface area contributed by atoms with Crippen molar-refractivity contribution in [1.82, 2.24) is 14.7 Å². The van der Waals surface area contributed by atoms with Gasteiger partial charge in [0.15, 0.2) is 5.69 Å². The maximum atomic E-state index is 13.6. The Bertz CT molecular complexity index is 1010. The van der Waals surface area contributed by atoms with Crippen LogP contribution in [0.25, 0.3) is 0 Å². The fourth-order valence-electron chi connectivity index (χ4n) is 4.63. The van der Waals surface area contributed by atoms with Gasteiger partial charge in [-0.2, -0.15) is 18.3 Å². The highest BCUT2D eigenvalue weighted by Crippen LogP contribution is 2.37. The second-order valence-corrected chi connectivity index (χ2v) is 10.3. The van der Waals surface area contributed by atoms with Crippen molar-refractivity contribution in [1.29, 1.82) is 0 Å². The Morgan fingerprint density at radius 1 is 1.22 bits per heavy atom. The Balaban J connectivity index is 1.48. The van der Waals surface area contributed by atoms with Gasteiger partial charge in [-0.3, -0.25) is 14.3 Å². The molecule has 0 radical (unpaired) electrons. The molecule has 32 heavy (non-hydrogen) atoms. The summed E-state index contributed by atoms with van der Waals surface area (Å²) in [7, 11) is 0. The first kappa shape index (κ1) is 23.1. The molecule has 1 fully saturated rings. The summed E-state index contributed by atoms with van der Waals surface area (Å²) in [5.74, 6) is -1.13. The molecule has 11 heteroatoms. The molecule has 6 nitrogen and oxygen atoms in total. The molecule has 174 valence electrons. The maximum absolute atomic E-state index is 13.6. The number of carbonyl (C=O) groups is 2. The number of carboxylic acids is 1. The van der Waals surface area contributed by atoms with Gasteiger partial charge in [0.25, 0.3) is 0 Å². The fourth-order valence-corrected chi connectivity index (χ4v) is 5.70. The Morgan fingerprint density at radius 3 is 2.53 bits per heavy atom. The number of fused-ring (bicyclic) bond motifs is 1. The third-order valence-electron chi connectivity index (χ3n) is 6.35. The second-order valence-electron chi connectivity index (χ2n) is 8.46. The molecule has 2 aromatic heterocycles. The van der Waals surface area contributed by atoms with Crippen molar-refractivity contribution in [2.45, 2.75) is 57.8 Å². The molecule has 0 spiro atoms. The molecule has 2 aromatic rings. The van der Waals surface area contributed by atoms with Gasteiger partial charge in [0.1, 0.15) is 0 Å². The third-order valence-corrected chi connectivity index (χ3v) is 7.57. The number of carbonyl (C=O) groups excluding carboxylic acids is 1. The molecule has 0 aromatic carbocycles. The van der Waals surface area contributed by atoms with E-state index in [1.54, 1.807) is 17.0 Å². The standard InChI is InChI=1S/C21H23ClF3N3O3S/c22-17-6-5-14(32-17)10-28-16-11-27(8-7-15(16)19(26-28)21(23,24)25)18(29)9-12-1-3-13(4-2-12)20(30)31/h5-6,12-13H,1-4,7-11H2,(H,30,31)/t12-,13-. The van der Waals surface area contributed by atoms with E-state index in [2.05, 4.69) is 5.10 Å². The number of nitrogens with zero attached hydrogens (tertiary/aromatic N) is 3. The third kappa shape index (κ3) is 4.96. The number of aromatic nitrogens is 2. The summed E-state index contributed by atoms with van der Waals surface area (Å²) in [5.41, 5.74) is -0.309. The summed E-state index contributed by atoms with van der Waals surface area (Å²) in [5, 5.41) is 13.0. The summed E-state index contributed by atoms with van der Waals surface area (Å²) < 4.78 is 42.6. The van der Waals surface area contributed by atoms with Gasteiger partial charge in [-0.25, -0.2) is 0 Å². The molecule has 1 aliphatic heterocycles. The molecule has 3 heterocycles. The van der Waals surface area contributed by atoms with Crippen LogP contribution in [0, 0.1) is 11.8 Å². The number of rotatable bonds is 5. The van der Waals surface area contributed by atoms with Gasteiger partial charge < -0.3 is 10.0 Å². The van der Waals surface area contributed by atoms with Gasteiger partial charge in [0, 0.05) is 23.4 Å². The van der Waals surface area contributed by atoms with Crippen LogP contribution in [0.15, 0.2) is 12.1 Å². The van der Waals surface area contributed by atoms with Crippen LogP contribution in [-0.4, -0.2) is 38.2 Å². The highest BCUT2D eigenvalue weighted by molar-refractivity contribution is 7.16. The zero-order valence-corrected chi connectivity index (χ0v) is 18.8. The van der Waals surface area contributed by atoms with Crippen LogP contribution >= 0.6 is 22.9 Å². The number of aliphatic carboxylic acids is 1. The van der Waals surface area contributed by atoms with Crippen molar-refractivity contribution in [3.8, 4) is 0 Å². The molecule has 1 amide bonds. The van der Waals surface area contributed by atoms with E-state index >= 15 is 0 Å². The predicted molar refractivity (Wildman–Crippen MR) is 112 cm³/mol. The Kier molecular flexibility index (Phi) is 6.53. The molecule has 0 unspecified atom stereocenters. The number of hydrogen-bond donors (Lipinski definition) is 1. The maximum Gasteiger partial charge on any atom is 0.435 e. The summed E-state index contributed by atoms with van der Waals surface area (Å²) >= 11 is 7.24. The fraction of sp³-hybridized carbons (Fsp3) is 0.571. The van der Waals surface area contributed by atoms with Gasteiger partial charge >= 0.3 is 12.1 Å². The Morgan fingerprint density at radius 2 is 1.94 bits per heavy atom. The zero-order chi connectivity index (χ0) is 23.0. The van der Waals surface area contributed by atoms with Crippen molar-refractivity contribution < 1.29 is 27.9 Å². The number of carboxylic acid groups (broad SMARTS) is 1. The number of thiophene rings is 1. The minimum absolute atomic E-state index is 0.0842. The lowest BCUT2D eigenvalue weighted by atomic mass is 9.80. The van der Waals surface area contributed by atoms with Gasteiger partial charge in [-0.15, -0.1) is 11.3 Å². The minimum Gasteiger partial charge on any atom is -0.481 e. The van der Waals surface area contributed by atoms with Crippen molar-refractivity contribution >= 4 is 34.8 Å². The predicted octanol–water partition coefficient (Wildman–Crippen LogP) is 4.83. The lowest BCUT2D eigenvalue weighted by Gasteiger charge is -2.31. The van der Waals surface area contributed by atoms with E-state index in [4.69, 9.17) is 16.7 Å². The number of amides is 1. The molecule has 0 saturated heterocycles. The lowest BCUT2D eigenvalue weighted by Crippen LogP contribution is -2.38. The van der Waals surface area contributed by atoms with E-state index in [1.807, 2.05) is 0 Å². The molecular formula is C21H23ClF3N3O3S. The first-order valence-electron chi connectivity index (χ1n) is 10.5. The van der Waals surface area contributed by atoms with Crippen LogP contribution in [0.2, 0.25) is 4.34 Å². The molecule has 0 bridgehead atoms. The zero-order valence-electron chi connectivity index (χ0n) is 17.2. The van der Waals surface area contributed by atoms with E-state index in [0.717, 1.165) is 4.88 Å². The molecule has 1 aliphatic carbocycles. The first-order chi connectivity index (χ1) is 15.1. The average molecular weight is 490 g/mol. The van der Waals surface area contributed by atoms with Gasteiger partial charge in [-0.05, 0) is 50.2 Å². The van der Waals surface area contributed by atoms with Crippen LogP contribution in [0.3, 0.4) is 0 Å². The van der Waals surface area contributed by atoms with E-state index in [9.17, 15) is 22.8 Å². The number of alkyl halides is 3. The van der Waals surface area contributed by atoms with E-state index < -0.39 is 17.8 Å². The van der Waals surface area contributed by atoms with Crippen molar-refractivity contribution in [2.24, 2.45) is 11.8 Å². The topological polar surface area (TPSA) is 75.4 Å². The Labute approximate surface area is 192 Å². The summed E-state index contributed by atoms with van der Waals surface area (Å²) in [6.45, 7) is 0.466. The summed E-state index contributed by atoms with van der Waals surface area (Å²) in [4.78, 5) is 26.4. The summed E-state index contributed by atoms with van der Waals surface area (Å²) in [6, 6.07) is 3.45. The van der Waals surface area contributed by atoms with Gasteiger partial charge in [0.2, 0.25) is 5.91 Å².